The summed E-state index contributed by atoms with van der Waals surface area (Å²) >= 11 is 6.01. The van der Waals surface area contributed by atoms with E-state index in [4.69, 9.17) is 16.3 Å². The van der Waals surface area contributed by atoms with Crippen LogP contribution in [0, 0.1) is 13.8 Å². The van der Waals surface area contributed by atoms with Crippen molar-refractivity contribution in [2.45, 2.75) is 27.2 Å². The number of hydrogen-bond acceptors (Lipinski definition) is 3. The molecule has 0 fully saturated rings. The Morgan fingerprint density at radius 3 is 2.66 bits per heavy atom. The molecule has 3 aromatic rings. The standard InChI is InChI=1S/C23H24ClN3O2/c1-4-18-9-5-7-11-21(18)27-16(2)13-19(17(27)3)14-25-26-23(28)15-29-22-12-8-6-10-20(22)24/h5-14H,4,15H2,1-3H3,(H,26,28)/b25-14-. The number of para-hydroxylation sites is 2. The van der Waals surface area contributed by atoms with Crippen LogP contribution in [-0.4, -0.2) is 23.3 Å². The molecule has 3 rings (SSSR count). The third-order valence-corrected chi connectivity index (χ3v) is 4.98. The summed E-state index contributed by atoms with van der Waals surface area (Å²) < 4.78 is 7.62. The number of carbonyl (C=O) groups is 1. The van der Waals surface area contributed by atoms with Gasteiger partial charge in [-0.1, -0.05) is 48.9 Å². The summed E-state index contributed by atoms with van der Waals surface area (Å²) in [6, 6.07) is 17.4. The number of aryl methyl sites for hydroxylation is 2. The first-order valence-electron chi connectivity index (χ1n) is 9.47. The van der Waals surface area contributed by atoms with E-state index in [1.54, 1.807) is 30.5 Å². The van der Waals surface area contributed by atoms with Crippen LogP contribution in [0.2, 0.25) is 5.02 Å². The summed E-state index contributed by atoms with van der Waals surface area (Å²) in [4.78, 5) is 12.0. The fraction of sp³-hybridized carbons (Fsp3) is 0.217. The Hall–Kier alpha value is -3.05. The summed E-state index contributed by atoms with van der Waals surface area (Å²) in [5, 5.41) is 4.54. The SMILES string of the molecule is CCc1ccccc1-n1c(C)cc(/C=N\NC(=O)COc2ccccc2Cl)c1C. The van der Waals surface area contributed by atoms with Crippen LogP contribution in [0.1, 0.15) is 29.4 Å². The molecule has 1 aromatic heterocycles. The van der Waals surface area contributed by atoms with Gasteiger partial charge in [-0.2, -0.15) is 5.10 Å². The highest BCUT2D eigenvalue weighted by molar-refractivity contribution is 6.32. The van der Waals surface area contributed by atoms with Crippen molar-refractivity contribution in [3.05, 3.63) is 82.1 Å². The highest BCUT2D eigenvalue weighted by atomic mass is 35.5. The third-order valence-electron chi connectivity index (χ3n) is 4.67. The normalized spacial score (nSPS) is 11.0. The number of carbonyl (C=O) groups excluding carboxylic acids is 1. The van der Waals surface area contributed by atoms with E-state index in [1.165, 1.54) is 11.3 Å². The zero-order chi connectivity index (χ0) is 20.8. The molecule has 0 radical (unpaired) electrons. The number of hydrazone groups is 1. The summed E-state index contributed by atoms with van der Waals surface area (Å²) in [5.41, 5.74) is 8.06. The van der Waals surface area contributed by atoms with Gasteiger partial charge in [0.2, 0.25) is 0 Å². The van der Waals surface area contributed by atoms with Crippen LogP contribution >= 0.6 is 11.6 Å². The van der Waals surface area contributed by atoms with Crippen LogP contribution < -0.4 is 10.2 Å². The molecule has 0 aliphatic rings. The van der Waals surface area contributed by atoms with Gasteiger partial charge in [-0.15, -0.1) is 0 Å². The van der Waals surface area contributed by atoms with Crippen molar-refractivity contribution >= 4 is 23.7 Å². The van der Waals surface area contributed by atoms with Gasteiger partial charge in [0.1, 0.15) is 5.75 Å². The van der Waals surface area contributed by atoms with Gasteiger partial charge in [0.05, 0.1) is 11.2 Å². The number of aromatic nitrogens is 1. The monoisotopic (exact) mass is 409 g/mol. The Labute approximate surface area is 176 Å². The van der Waals surface area contributed by atoms with E-state index >= 15 is 0 Å². The van der Waals surface area contributed by atoms with Crippen molar-refractivity contribution in [2.75, 3.05) is 6.61 Å². The molecule has 150 valence electrons. The Morgan fingerprint density at radius 2 is 1.90 bits per heavy atom. The molecule has 1 amide bonds. The summed E-state index contributed by atoms with van der Waals surface area (Å²) in [6.07, 6.45) is 2.61. The topological polar surface area (TPSA) is 55.6 Å². The van der Waals surface area contributed by atoms with E-state index in [-0.39, 0.29) is 12.5 Å². The highest BCUT2D eigenvalue weighted by Gasteiger charge is 2.12. The number of nitrogens with one attached hydrogen (secondary N) is 1. The van der Waals surface area contributed by atoms with Gasteiger partial charge in [0, 0.05) is 22.6 Å². The molecule has 1 N–H and O–H groups in total. The molecule has 0 saturated carbocycles. The molecule has 0 atom stereocenters. The lowest BCUT2D eigenvalue weighted by molar-refractivity contribution is -0.123. The lowest BCUT2D eigenvalue weighted by atomic mass is 10.1. The average Bonchev–Trinajstić information content (AvgIpc) is 3.00. The minimum absolute atomic E-state index is 0.163. The van der Waals surface area contributed by atoms with Gasteiger partial charge in [-0.3, -0.25) is 4.79 Å². The molecule has 0 aliphatic carbocycles. The lowest BCUT2D eigenvalue weighted by Crippen LogP contribution is -2.24. The second kappa shape index (κ2) is 9.43. The van der Waals surface area contributed by atoms with Crippen LogP contribution in [0.5, 0.6) is 5.75 Å². The highest BCUT2D eigenvalue weighted by Crippen LogP contribution is 2.24. The Bertz CT molecular complexity index is 1040. The number of ether oxygens (including phenoxy) is 1. The van der Waals surface area contributed by atoms with Gasteiger partial charge < -0.3 is 9.30 Å². The Kier molecular flexibility index (Phi) is 6.73. The van der Waals surface area contributed by atoms with E-state index in [0.717, 1.165) is 23.4 Å². The largest absolute Gasteiger partial charge is 0.482 e. The van der Waals surface area contributed by atoms with E-state index in [9.17, 15) is 4.79 Å². The summed E-state index contributed by atoms with van der Waals surface area (Å²) in [6.45, 7) is 6.09. The lowest BCUT2D eigenvalue weighted by Gasteiger charge is -2.13. The predicted octanol–water partition coefficient (Wildman–Crippen LogP) is 4.84. The quantitative estimate of drug-likeness (QED) is 0.448. The molecule has 0 spiro atoms. The maximum atomic E-state index is 12.0. The fourth-order valence-corrected chi connectivity index (χ4v) is 3.42. The van der Waals surface area contributed by atoms with Crippen molar-refractivity contribution in [2.24, 2.45) is 5.10 Å². The number of benzene rings is 2. The number of rotatable bonds is 7. The zero-order valence-electron chi connectivity index (χ0n) is 16.8. The predicted molar refractivity (Wildman–Crippen MR) is 117 cm³/mol. The average molecular weight is 410 g/mol. The second-order valence-electron chi connectivity index (χ2n) is 6.66. The van der Waals surface area contributed by atoms with Crippen molar-refractivity contribution in [1.82, 2.24) is 9.99 Å². The molecule has 29 heavy (non-hydrogen) atoms. The maximum Gasteiger partial charge on any atom is 0.277 e. The molecular weight excluding hydrogens is 386 g/mol. The molecule has 0 unspecified atom stereocenters. The molecule has 2 aromatic carbocycles. The first kappa shape index (κ1) is 20.7. The van der Waals surface area contributed by atoms with E-state index in [1.807, 2.05) is 13.0 Å². The number of nitrogens with zero attached hydrogens (tertiary/aromatic N) is 2. The van der Waals surface area contributed by atoms with Crippen molar-refractivity contribution in [3.63, 3.8) is 0 Å². The minimum atomic E-state index is -0.355. The maximum absolute atomic E-state index is 12.0. The first-order chi connectivity index (χ1) is 14.0. The Balaban J connectivity index is 1.67. The molecular formula is C23H24ClN3O2. The first-order valence-corrected chi connectivity index (χ1v) is 9.85. The van der Waals surface area contributed by atoms with E-state index in [2.05, 4.69) is 53.2 Å². The molecule has 6 heteroatoms. The van der Waals surface area contributed by atoms with Crippen LogP contribution in [0.15, 0.2) is 59.7 Å². The van der Waals surface area contributed by atoms with Crippen LogP contribution in [0.4, 0.5) is 0 Å². The number of hydrogen-bond donors (Lipinski definition) is 1. The fourth-order valence-electron chi connectivity index (χ4n) is 3.23. The molecule has 0 bridgehead atoms. The van der Waals surface area contributed by atoms with Gasteiger partial charge >= 0.3 is 0 Å². The second-order valence-corrected chi connectivity index (χ2v) is 7.06. The third kappa shape index (κ3) is 4.87. The van der Waals surface area contributed by atoms with Crippen LogP contribution in [-0.2, 0) is 11.2 Å². The number of amides is 1. The van der Waals surface area contributed by atoms with Gasteiger partial charge in [-0.25, -0.2) is 5.43 Å². The molecule has 5 nitrogen and oxygen atoms in total. The van der Waals surface area contributed by atoms with Crippen molar-refractivity contribution < 1.29 is 9.53 Å². The smallest absolute Gasteiger partial charge is 0.277 e. The molecule has 0 aliphatic heterocycles. The van der Waals surface area contributed by atoms with Gasteiger partial charge in [0.15, 0.2) is 6.61 Å². The van der Waals surface area contributed by atoms with Crippen molar-refractivity contribution in [3.8, 4) is 11.4 Å². The van der Waals surface area contributed by atoms with Gasteiger partial charge in [0.25, 0.3) is 5.91 Å². The van der Waals surface area contributed by atoms with Gasteiger partial charge in [-0.05, 0) is 50.1 Å². The number of halogens is 1. The van der Waals surface area contributed by atoms with Crippen LogP contribution in [0.25, 0.3) is 5.69 Å². The van der Waals surface area contributed by atoms with E-state index < -0.39 is 0 Å². The minimum Gasteiger partial charge on any atom is -0.482 e. The summed E-state index contributed by atoms with van der Waals surface area (Å²) in [5.74, 6) is 0.109. The van der Waals surface area contributed by atoms with Crippen molar-refractivity contribution in [1.29, 1.82) is 0 Å². The molecule has 0 saturated heterocycles. The van der Waals surface area contributed by atoms with E-state index in [0.29, 0.717) is 10.8 Å². The Morgan fingerprint density at radius 1 is 1.17 bits per heavy atom. The van der Waals surface area contributed by atoms with Crippen LogP contribution in [0.3, 0.4) is 0 Å². The summed E-state index contributed by atoms with van der Waals surface area (Å²) in [7, 11) is 0. The zero-order valence-corrected chi connectivity index (χ0v) is 17.5. The molecule has 1 heterocycles.